The van der Waals surface area contributed by atoms with Gasteiger partial charge in [0.2, 0.25) is 0 Å². The van der Waals surface area contributed by atoms with Gasteiger partial charge in [-0.25, -0.2) is 4.79 Å². The summed E-state index contributed by atoms with van der Waals surface area (Å²) >= 11 is 0. The Hall–Kier alpha value is -3.06. The largest absolute Gasteiger partial charge is 0.457 e. The molecule has 0 radical (unpaired) electrons. The van der Waals surface area contributed by atoms with Gasteiger partial charge in [0.1, 0.15) is 17.6 Å². The highest BCUT2D eigenvalue weighted by atomic mass is 16.6. The van der Waals surface area contributed by atoms with E-state index in [2.05, 4.69) is 10.2 Å². The molecule has 0 aliphatic carbocycles. The molecule has 6 rings (SSSR count). The van der Waals surface area contributed by atoms with Gasteiger partial charge in [-0.2, -0.15) is 0 Å². The van der Waals surface area contributed by atoms with E-state index in [-0.39, 0.29) is 18.1 Å². The molecule has 4 saturated heterocycles. The third kappa shape index (κ3) is 6.27. The summed E-state index contributed by atoms with van der Waals surface area (Å²) in [6, 6.07) is 15.1. The molecule has 4 fully saturated rings. The predicted molar refractivity (Wildman–Crippen MR) is 143 cm³/mol. The number of benzene rings is 2. The second kappa shape index (κ2) is 11.1. The second-order valence-electron chi connectivity index (χ2n) is 11.2. The van der Waals surface area contributed by atoms with Crippen LogP contribution in [0.4, 0.5) is 4.79 Å². The van der Waals surface area contributed by atoms with Crippen LogP contribution in [-0.2, 0) is 10.3 Å². The molecule has 1 unspecified atom stereocenters. The van der Waals surface area contributed by atoms with Crippen molar-refractivity contribution in [2.75, 3.05) is 32.7 Å². The van der Waals surface area contributed by atoms with Gasteiger partial charge in [0.25, 0.3) is 5.91 Å². The number of likely N-dealkylation sites (tertiary alicyclic amines) is 1. The summed E-state index contributed by atoms with van der Waals surface area (Å²) in [5.41, 5.74) is 1.07. The molecule has 2 bridgehead atoms. The molecule has 1 atom stereocenters. The first-order valence-electron chi connectivity index (χ1n) is 13.8. The molecule has 2 aromatic carbocycles. The van der Waals surface area contributed by atoms with Crippen LogP contribution < -0.4 is 10.1 Å². The number of hydrogen-bond acceptors (Lipinski definition) is 5. The van der Waals surface area contributed by atoms with E-state index in [0.717, 1.165) is 70.4 Å². The Labute approximate surface area is 220 Å². The van der Waals surface area contributed by atoms with Gasteiger partial charge < -0.3 is 24.6 Å². The summed E-state index contributed by atoms with van der Waals surface area (Å²) in [5.74, 6) is 1.94. The smallest absolute Gasteiger partial charge is 0.408 e. The molecule has 2 aromatic rings. The van der Waals surface area contributed by atoms with Gasteiger partial charge in [-0.05, 0) is 113 Å². The Kier molecular flexibility index (Phi) is 7.70. The Morgan fingerprint density at radius 3 is 2.05 bits per heavy atom. The topological polar surface area (TPSA) is 71.1 Å². The molecule has 0 spiro atoms. The second-order valence-corrected chi connectivity index (χ2v) is 11.2. The Balaban J connectivity index is 1.15. The van der Waals surface area contributed by atoms with Gasteiger partial charge in [0.05, 0.1) is 5.54 Å². The summed E-state index contributed by atoms with van der Waals surface area (Å²) in [6.45, 7) is 8.88. The van der Waals surface area contributed by atoms with E-state index in [9.17, 15) is 9.59 Å². The molecule has 198 valence electrons. The van der Waals surface area contributed by atoms with Crippen LogP contribution in [0.2, 0.25) is 0 Å². The summed E-state index contributed by atoms with van der Waals surface area (Å²) in [4.78, 5) is 29.9. The van der Waals surface area contributed by atoms with Crippen LogP contribution in [0.15, 0.2) is 48.5 Å². The molecular weight excluding hydrogens is 466 g/mol. The SMILES string of the molecule is CC(C)(NC(=O)OC1CCN2CCC1CC2)c1ccc(Oc2ccc(C(=O)N3CCCCC3)cc2)cc1. The van der Waals surface area contributed by atoms with E-state index in [1.165, 1.54) is 6.42 Å². The Morgan fingerprint density at radius 2 is 1.41 bits per heavy atom. The number of fused-ring (bicyclic) bond motifs is 4. The Bertz CT molecular complexity index is 1070. The van der Waals surface area contributed by atoms with Gasteiger partial charge in [0, 0.05) is 25.2 Å². The maximum absolute atomic E-state index is 12.8. The number of ether oxygens (including phenoxy) is 2. The summed E-state index contributed by atoms with van der Waals surface area (Å²) < 4.78 is 11.9. The maximum Gasteiger partial charge on any atom is 0.408 e. The molecule has 0 aromatic heterocycles. The average molecular weight is 506 g/mol. The van der Waals surface area contributed by atoms with Gasteiger partial charge in [0.15, 0.2) is 0 Å². The van der Waals surface area contributed by atoms with Crippen LogP contribution >= 0.6 is 0 Å². The number of piperidine rings is 2. The van der Waals surface area contributed by atoms with Gasteiger partial charge >= 0.3 is 6.09 Å². The minimum Gasteiger partial charge on any atom is -0.457 e. The number of carbonyl (C=O) groups is 2. The minimum absolute atomic E-state index is 0.000566. The van der Waals surface area contributed by atoms with Crippen molar-refractivity contribution in [2.24, 2.45) is 5.92 Å². The predicted octanol–water partition coefficient (Wildman–Crippen LogP) is 5.55. The van der Waals surface area contributed by atoms with Crippen LogP contribution in [0, 0.1) is 5.92 Å². The van der Waals surface area contributed by atoms with E-state index in [1.54, 1.807) is 0 Å². The lowest BCUT2D eigenvalue weighted by atomic mass is 9.92. The van der Waals surface area contributed by atoms with E-state index in [0.29, 0.717) is 23.0 Å². The summed E-state index contributed by atoms with van der Waals surface area (Å²) in [7, 11) is 0. The average Bonchev–Trinajstić information content (AvgIpc) is 3.22. The molecule has 4 aliphatic heterocycles. The van der Waals surface area contributed by atoms with E-state index in [1.807, 2.05) is 67.3 Å². The number of carbonyl (C=O) groups excluding carboxylic acids is 2. The van der Waals surface area contributed by atoms with E-state index < -0.39 is 5.54 Å². The zero-order valence-corrected chi connectivity index (χ0v) is 22.1. The molecular formula is C30H39N3O4. The van der Waals surface area contributed by atoms with E-state index in [4.69, 9.17) is 9.47 Å². The maximum atomic E-state index is 12.8. The highest BCUT2D eigenvalue weighted by molar-refractivity contribution is 5.94. The fourth-order valence-electron chi connectivity index (χ4n) is 5.76. The molecule has 4 heterocycles. The minimum atomic E-state index is -0.585. The van der Waals surface area contributed by atoms with Crippen LogP contribution in [0.5, 0.6) is 11.5 Å². The molecule has 2 amide bonds. The van der Waals surface area contributed by atoms with Crippen molar-refractivity contribution in [3.8, 4) is 11.5 Å². The first kappa shape index (κ1) is 25.6. The summed E-state index contributed by atoms with van der Waals surface area (Å²) in [5, 5.41) is 3.06. The standard InChI is InChI=1S/C30H39N3O4/c1-30(2,31-29(35)37-27-16-21-32-19-14-22(27)15-20-32)24-8-12-26(13-9-24)36-25-10-6-23(7-11-25)28(34)33-17-4-3-5-18-33/h6-13,22,27H,3-5,14-21H2,1-2H3,(H,31,35). The first-order chi connectivity index (χ1) is 17.9. The zero-order valence-electron chi connectivity index (χ0n) is 22.1. The quantitative estimate of drug-likeness (QED) is 0.557. The van der Waals surface area contributed by atoms with E-state index >= 15 is 0 Å². The molecule has 0 saturated carbocycles. The van der Waals surface area contributed by atoms with Crippen molar-refractivity contribution < 1.29 is 19.1 Å². The molecule has 4 aliphatic rings. The highest BCUT2D eigenvalue weighted by Crippen LogP contribution is 2.30. The number of nitrogens with zero attached hydrogens (tertiary/aromatic N) is 2. The highest BCUT2D eigenvalue weighted by Gasteiger charge is 2.34. The zero-order chi connectivity index (χ0) is 25.8. The summed E-state index contributed by atoms with van der Waals surface area (Å²) in [6.07, 6.45) is 6.15. The third-order valence-corrected chi connectivity index (χ3v) is 8.12. The lowest BCUT2D eigenvalue weighted by Gasteiger charge is -2.31. The van der Waals surface area contributed by atoms with Crippen molar-refractivity contribution in [1.82, 2.24) is 15.1 Å². The van der Waals surface area contributed by atoms with Gasteiger partial charge in [-0.15, -0.1) is 0 Å². The van der Waals surface area contributed by atoms with Crippen LogP contribution in [0.3, 0.4) is 0 Å². The molecule has 7 heteroatoms. The van der Waals surface area contributed by atoms with Gasteiger partial charge in [-0.3, -0.25) is 4.79 Å². The fraction of sp³-hybridized carbons (Fsp3) is 0.533. The number of amides is 2. The van der Waals surface area contributed by atoms with Crippen molar-refractivity contribution in [3.63, 3.8) is 0 Å². The van der Waals surface area contributed by atoms with Crippen molar-refractivity contribution in [1.29, 1.82) is 0 Å². The Morgan fingerprint density at radius 1 is 0.811 bits per heavy atom. The lowest BCUT2D eigenvalue weighted by molar-refractivity contribution is 0.0514. The number of alkyl carbamates (subject to hydrolysis) is 1. The number of hydrogen-bond donors (Lipinski definition) is 1. The normalized spacial score (nSPS) is 23.7. The van der Waals surface area contributed by atoms with Crippen LogP contribution in [0.1, 0.15) is 68.3 Å². The number of rotatable bonds is 6. The first-order valence-corrected chi connectivity index (χ1v) is 13.8. The van der Waals surface area contributed by atoms with Crippen molar-refractivity contribution in [2.45, 2.75) is 64.0 Å². The van der Waals surface area contributed by atoms with Crippen molar-refractivity contribution >= 4 is 12.0 Å². The molecule has 1 N–H and O–H groups in total. The number of nitrogens with one attached hydrogen (secondary N) is 1. The van der Waals surface area contributed by atoms with Gasteiger partial charge in [-0.1, -0.05) is 12.1 Å². The monoisotopic (exact) mass is 505 g/mol. The van der Waals surface area contributed by atoms with Crippen molar-refractivity contribution in [3.05, 3.63) is 59.7 Å². The lowest BCUT2D eigenvalue weighted by Crippen LogP contribution is -2.43. The molecule has 37 heavy (non-hydrogen) atoms. The van der Waals surface area contributed by atoms with Crippen LogP contribution in [0.25, 0.3) is 0 Å². The van der Waals surface area contributed by atoms with Crippen LogP contribution in [-0.4, -0.2) is 60.6 Å². The molecule has 7 nitrogen and oxygen atoms in total. The fourth-order valence-corrected chi connectivity index (χ4v) is 5.76. The third-order valence-electron chi connectivity index (χ3n) is 8.12.